The molecule has 4 aromatic rings. The summed E-state index contributed by atoms with van der Waals surface area (Å²) in [5, 5.41) is 5.04. The van der Waals surface area contributed by atoms with Crippen molar-refractivity contribution in [2.75, 3.05) is 32.1 Å². The molecule has 10 heteroatoms. The van der Waals surface area contributed by atoms with Crippen molar-refractivity contribution in [1.29, 1.82) is 0 Å². The van der Waals surface area contributed by atoms with Crippen molar-refractivity contribution in [1.82, 2.24) is 24.8 Å². The van der Waals surface area contributed by atoms with Crippen LogP contribution in [0.15, 0.2) is 48.8 Å². The zero-order valence-electron chi connectivity index (χ0n) is 17.7. The summed E-state index contributed by atoms with van der Waals surface area (Å²) in [6.45, 7) is 1.49. The van der Waals surface area contributed by atoms with Crippen LogP contribution in [0.4, 0.5) is 5.82 Å². The van der Waals surface area contributed by atoms with Crippen LogP contribution in [0.5, 0.6) is 0 Å². The highest BCUT2D eigenvalue weighted by molar-refractivity contribution is 6.35. The number of imidazole rings is 1. The molecule has 2 N–H and O–H groups in total. The minimum atomic E-state index is -0.324. The molecule has 1 amide bonds. The van der Waals surface area contributed by atoms with Crippen molar-refractivity contribution in [2.24, 2.45) is 0 Å². The van der Waals surface area contributed by atoms with E-state index < -0.39 is 0 Å². The number of anilines is 1. The first-order valence-corrected chi connectivity index (χ1v) is 11.1. The normalized spacial score (nSPS) is 14.3. The summed E-state index contributed by atoms with van der Waals surface area (Å²) in [5.41, 5.74) is 2.66. The molecule has 1 atom stereocenters. The monoisotopic (exact) mass is 482 g/mol. The van der Waals surface area contributed by atoms with E-state index in [1.807, 2.05) is 24.3 Å². The maximum Gasteiger partial charge on any atom is 0.256 e. The van der Waals surface area contributed by atoms with Crippen molar-refractivity contribution in [3.8, 4) is 0 Å². The van der Waals surface area contributed by atoms with Crippen molar-refractivity contribution in [2.45, 2.75) is 6.04 Å². The molecule has 1 aliphatic heterocycles. The van der Waals surface area contributed by atoms with E-state index in [2.05, 4.69) is 25.3 Å². The summed E-state index contributed by atoms with van der Waals surface area (Å²) in [7, 11) is 1.62. The molecule has 0 radical (unpaired) electrons. The van der Waals surface area contributed by atoms with Gasteiger partial charge in [-0.25, -0.2) is 15.0 Å². The van der Waals surface area contributed by atoms with Crippen LogP contribution in [-0.4, -0.2) is 57.5 Å². The number of nitrogens with one attached hydrogen (secondary N) is 2. The minimum Gasteiger partial charge on any atom is -0.382 e. The van der Waals surface area contributed by atoms with Gasteiger partial charge in [0.25, 0.3) is 5.91 Å². The van der Waals surface area contributed by atoms with Gasteiger partial charge in [-0.05, 0) is 30.3 Å². The third kappa shape index (κ3) is 4.25. The number of halogens is 2. The minimum absolute atomic E-state index is 0.127. The number of rotatable bonds is 6. The number of amides is 1. The van der Waals surface area contributed by atoms with Gasteiger partial charge >= 0.3 is 0 Å². The second kappa shape index (κ2) is 8.97. The molecule has 3 heterocycles. The fraction of sp³-hybridized carbons (Fsp3) is 0.217. The molecule has 1 aliphatic rings. The number of methoxy groups -OCH3 is 1. The highest BCUT2D eigenvalue weighted by Gasteiger charge is 2.22. The van der Waals surface area contributed by atoms with Crippen molar-refractivity contribution in [3.63, 3.8) is 0 Å². The third-order valence-corrected chi connectivity index (χ3v) is 6.04. The Balaban J connectivity index is 1.49. The molecule has 0 aliphatic carbocycles. The molecule has 0 spiro atoms. The van der Waals surface area contributed by atoms with E-state index in [-0.39, 0.29) is 11.9 Å². The zero-order valence-corrected chi connectivity index (χ0v) is 19.2. The average Bonchev–Trinajstić information content (AvgIpc) is 3.48. The van der Waals surface area contributed by atoms with E-state index in [4.69, 9.17) is 27.9 Å². The number of carbonyl (C=O) groups excluding carboxylic acids is 1. The number of ether oxygens (including phenoxy) is 1. The predicted molar refractivity (Wildman–Crippen MR) is 129 cm³/mol. The van der Waals surface area contributed by atoms with E-state index in [1.54, 1.807) is 30.2 Å². The van der Waals surface area contributed by atoms with Gasteiger partial charge < -0.3 is 19.9 Å². The highest BCUT2D eigenvalue weighted by Crippen LogP contribution is 2.30. The molecule has 0 bridgehead atoms. The number of carbonyl (C=O) groups is 1. The van der Waals surface area contributed by atoms with E-state index in [0.717, 1.165) is 11.0 Å². The lowest BCUT2D eigenvalue weighted by Gasteiger charge is -2.19. The van der Waals surface area contributed by atoms with Crippen LogP contribution < -0.4 is 5.32 Å². The van der Waals surface area contributed by atoms with Crippen molar-refractivity contribution < 1.29 is 9.53 Å². The lowest BCUT2D eigenvalue weighted by atomic mass is 10.1. The molecular weight excluding hydrogens is 463 g/mol. The predicted octanol–water partition coefficient (Wildman–Crippen LogP) is 4.62. The van der Waals surface area contributed by atoms with Crippen LogP contribution in [0, 0.1) is 0 Å². The Morgan fingerprint density at radius 2 is 2.00 bits per heavy atom. The molecule has 0 saturated carbocycles. The van der Waals surface area contributed by atoms with Crippen LogP contribution in [-0.2, 0) is 4.74 Å². The van der Waals surface area contributed by atoms with E-state index in [0.29, 0.717) is 57.9 Å². The molecule has 2 aromatic heterocycles. The van der Waals surface area contributed by atoms with Crippen molar-refractivity contribution >= 4 is 56.9 Å². The summed E-state index contributed by atoms with van der Waals surface area (Å²) in [4.78, 5) is 31.3. The SMILES string of the molecule is COCC(Nc1ncnc2cc(C(=O)N3CC=CC3)c(Cl)cc12)c1nc2ccc(Cl)cc2[nH]1. The van der Waals surface area contributed by atoms with Gasteiger partial charge in [-0.2, -0.15) is 0 Å². The summed E-state index contributed by atoms with van der Waals surface area (Å²) in [6, 6.07) is 8.58. The molecule has 168 valence electrons. The average molecular weight is 483 g/mol. The first kappa shape index (κ1) is 21.6. The fourth-order valence-corrected chi connectivity index (χ4v) is 4.27. The Morgan fingerprint density at radius 3 is 2.79 bits per heavy atom. The Kier molecular flexibility index (Phi) is 5.88. The van der Waals surface area contributed by atoms with Gasteiger partial charge in [0.2, 0.25) is 0 Å². The van der Waals surface area contributed by atoms with Gasteiger partial charge in [0.15, 0.2) is 0 Å². The summed E-state index contributed by atoms with van der Waals surface area (Å²) in [5.74, 6) is 1.11. The van der Waals surface area contributed by atoms with Crippen molar-refractivity contribution in [3.05, 3.63) is 70.2 Å². The zero-order chi connectivity index (χ0) is 22.9. The van der Waals surface area contributed by atoms with E-state index in [1.165, 1.54) is 6.33 Å². The molecule has 5 rings (SSSR count). The maximum absolute atomic E-state index is 12.9. The smallest absolute Gasteiger partial charge is 0.256 e. The largest absolute Gasteiger partial charge is 0.382 e. The number of benzene rings is 2. The fourth-order valence-electron chi connectivity index (χ4n) is 3.86. The number of H-pyrrole nitrogens is 1. The van der Waals surface area contributed by atoms with Gasteiger partial charge in [0, 0.05) is 30.6 Å². The molecule has 0 fully saturated rings. The molecule has 33 heavy (non-hydrogen) atoms. The quantitative estimate of drug-likeness (QED) is 0.389. The second-order valence-corrected chi connectivity index (χ2v) is 8.53. The van der Waals surface area contributed by atoms with Gasteiger partial charge in [-0.3, -0.25) is 4.79 Å². The molecule has 0 saturated heterocycles. The molecular formula is C23H20Cl2N6O2. The molecule has 2 aromatic carbocycles. The second-order valence-electron chi connectivity index (χ2n) is 7.69. The first-order chi connectivity index (χ1) is 16.0. The van der Waals surface area contributed by atoms with Crippen LogP contribution in [0.2, 0.25) is 10.0 Å². The van der Waals surface area contributed by atoms with Crippen LogP contribution >= 0.6 is 23.2 Å². The standard InChI is InChI=1S/C23H20Cl2N6O2/c1-33-11-20(22-28-17-5-4-13(24)8-19(17)29-22)30-21-15-9-16(25)14(10-18(15)26-12-27-21)23(32)31-6-2-3-7-31/h2-5,8-10,12,20H,6-7,11H2,1H3,(H,28,29)(H,26,27,30). The van der Waals surface area contributed by atoms with Gasteiger partial charge in [0.05, 0.1) is 33.7 Å². The van der Waals surface area contributed by atoms with Crippen LogP contribution in [0.3, 0.4) is 0 Å². The summed E-state index contributed by atoms with van der Waals surface area (Å²) < 4.78 is 5.42. The Morgan fingerprint density at radius 1 is 1.18 bits per heavy atom. The maximum atomic E-state index is 12.9. The number of hydrogen-bond acceptors (Lipinski definition) is 6. The molecule has 8 nitrogen and oxygen atoms in total. The lowest BCUT2D eigenvalue weighted by molar-refractivity contribution is 0.0800. The Bertz CT molecular complexity index is 1380. The van der Waals surface area contributed by atoms with Gasteiger partial charge in [-0.1, -0.05) is 35.4 Å². The van der Waals surface area contributed by atoms with E-state index >= 15 is 0 Å². The van der Waals surface area contributed by atoms with Crippen LogP contribution in [0.25, 0.3) is 21.9 Å². The topological polar surface area (TPSA) is 96.0 Å². The summed E-state index contributed by atoms with van der Waals surface area (Å²) in [6.07, 6.45) is 5.37. The Labute approximate surface area is 199 Å². The third-order valence-electron chi connectivity index (χ3n) is 5.50. The number of hydrogen-bond donors (Lipinski definition) is 2. The number of aromatic amines is 1. The van der Waals surface area contributed by atoms with Crippen LogP contribution in [0.1, 0.15) is 22.2 Å². The number of aromatic nitrogens is 4. The number of nitrogens with zero attached hydrogens (tertiary/aromatic N) is 4. The molecule has 1 unspecified atom stereocenters. The van der Waals surface area contributed by atoms with Gasteiger partial charge in [-0.15, -0.1) is 0 Å². The number of fused-ring (bicyclic) bond motifs is 2. The lowest BCUT2D eigenvalue weighted by Crippen LogP contribution is -2.28. The Hall–Kier alpha value is -3.20. The van der Waals surface area contributed by atoms with Gasteiger partial charge in [0.1, 0.15) is 24.0 Å². The highest BCUT2D eigenvalue weighted by atomic mass is 35.5. The van der Waals surface area contributed by atoms with E-state index in [9.17, 15) is 4.79 Å². The first-order valence-electron chi connectivity index (χ1n) is 10.3. The summed E-state index contributed by atoms with van der Waals surface area (Å²) >= 11 is 12.6.